The lowest BCUT2D eigenvalue weighted by Crippen LogP contribution is -2.40. The molecule has 0 saturated heterocycles. The highest BCUT2D eigenvalue weighted by atomic mass is 79.9. The lowest BCUT2D eigenvalue weighted by atomic mass is 9.95. The van der Waals surface area contributed by atoms with Crippen LogP contribution in [0.1, 0.15) is 50.4 Å². The van der Waals surface area contributed by atoms with Crippen LogP contribution < -0.4 is 24.4 Å². The lowest BCUT2D eigenvalue weighted by molar-refractivity contribution is -0.139. The second-order valence-electron chi connectivity index (χ2n) is 10.4. The number of ether oxygens (including phenoxy) is 3. The summed E-state index contributed by atoms with van der Waals surface area (Å²) in [4.78, 5) is 32.5. The van der Waals surface area contributed by atoms with E-state index in [9.17, 15) is 9.59 Å². The summed E-state index contributed by atoms with van der Waals surface area (Å²) in [5.41, 5.74) is 2.59. The zero-order valence-corrected chi connectivity index (χ0v) is 29.4. The summed E-state index contributed by atoms with van der Waals surface area (Å²) in [7, 11) is 0. The molecule has 3 aromatic carbocycles. The van der Waals surface area contributed by atoms with E-state index in [0.29, 0.717) is 57.2 Å². The van der Waals surface area contributed by atoms with Gasteiger partial charge in [-0.2, -0.15) is 0 Å². The Bertz CT molecular complexity index is 1980. The van der Waals surface area contributed by atoms with E-state index >= 15 is 0 Å². The van der Waals surface area contributed by atoms with E-state index < -0.39 is 12.0 Å². The Hall–Kier alpha value is -3.08. The Morgan fingerprint density at radius 3 is 2.53 bits per heavy atom. The normalized spacial score (nSPS) is 14.8. The third-order valence-corrected chi connectivity index (χ3v) is 9.37. The molecule has 0 aliphatic carbocycles. The predicted molar refractivity (Wildman–Crippen MR) is 183 cm³/mol. The molecule has 2 heterocycles. The van der Waals surface area contributed by atoms with Crippen molar-refractivity contribution in [2.24, 2.45) is 4.99 Å². The topological polar surface area (TPSA) is 79.1 Å². The largest absolute Gasteiger partial charge is 0.491 e. The van der Waals surface area contributed by atoms with Crippen molar-refractivity contribution in [3.05, 3.63) is 122 Å². The van der Waals surface area contributed by atoms with Gasteiger partial charge in [-0.15, -0.1) is 0 Å². The van der Waals surface area contributed by atoms with Gasteiger partial charge in [-0.1, -0.05) is 70.4 Å². The minimum absolute atomic E-state index is 0.128. The van der Waals surface area contributed by atoms with E-state index in [1.165, 1.54) is 15.9 Å². The number of thiazole rings is 1. The number of esters is 1. The summed E-state index contributed by atoms with van der Waals surface area (Å²) in [5, 5.41) is 1.24. The van der Waals surface area contributed by atoms with Crippen LogP contribution in [0.3, 0.4) is 0 Å². The first-order valence-corrected chi connectivity index (χ1v) is 16.7. The summed E-state index contributed by atoms with van der Waals surface area (Å²) < 4.78 is 20.0. The Morgan fingerprint density at radius 2 is 1.84 bits per heavy atom. The standard InChI is InChI=1S/C33H28BrCl3N2O5S/c1-5-42-32(41)28-18(4)38-33-39(29(28)21-8-6-7-9-26(21)44-17(2)3)31(40)27(45-33)15-20-12-22(34)30(25(37)14-20)43-16-19-10-11-23(35)24(36)13-19/h6-15,17,29H,5,16H2,1-4H3/b27-15+/t29-/m1/s1. The Kier molecular flexibility index (Phi) is 10.5. The number of hydrogen-bond acceptors (Lipinski definition) is 7. The number of hydrogen-bond donors (Lipinski definition) is 0. The van der Waals surface area contributed by atoms with Gasteiger partial charge in [0.2, 0.25) is 0 Å². The van der Waals surface area contributed by atoms with Gasteiger partial charge in [-0.3, -0.25) is 9.36 Å². The van der Waals surface area contributed by atoms with Crippen LogP contribution >= 0.6 is 62.1 Å². The fourth-order valence-electron chi connectivity index (χ4n) is 4.89. The fourth-order valence-corrected chi connectivity index (χ4v) is 7.25. The number of para-hydroxylation sites is 1. The van der Waals surface area contributed by atoms with E-state index in [1.54, 1.807) is 38.1 Å². The van der Waals surface area contributed by atoms with Crippen molar-refractivity contribution >= 4 is 74.1 Å². The maximum absolute atomic E-state index is 14.1. The molecule has 1 atom stereocenters. The summed E-state index contributed by atoms with van der Waals surface area (Å²) in [6, 6.07) is 15.4. The van der Waals surface area contributed by atoms with E-state index in [-0.39, 0.29) is 30.5 Å². The summed E-state index contributed by atoms with van der Waals surface area (Å²) >= 11 is 23.6. The zero-order chi connectivity index (χ0) is 32.4. The molecule has 0 unspecified atom stereocenters. The number of allylic oxidation sites excluding steroid dienone is 1. The molecule has 7 nitrogen and oxygen atoms in total. The average Bonchev–Trinajstić information content (AvgIpc) is 3.27. The third kappa shape index (κ3) is 7.18. The molecular weight excluding hydrogens is 723 g/mol. The third-order valence-electron chi connectivity index (χ3n) is 6.78. The Labute approximate surface area is 287 Å². The molecule has 1 aromatic heterocycles. The maximum Gasteiger partial charge on any atom is 0.338 e. The van der Waals surface area contributed by atoms with Gasteiger partial charge >= 0.3 is 5.97 Å². The van der Waals surface area contributed by atoms with Crippen LogP contribution in [0.4, 0.5) is 0 Å². The first kappa shape index (κ1) is 33.3. The smallest absolute Gasteiger partial charge is 0.338 e. The molecule has 0 spiro atoms. The highest BCUT2D eigenvalue weighted by Crippen LogP contribution is 2.37. The average molecular weight is 751 g/mol. The fraction of sp³-hybridized carbons (Fsp3) is 0.242. The van der Waals surface area contributed by atoms with Crippen LogP contribution in [0.15, 0.2) is 80.1 Å². The minimum atomic E-state index is -0.801. The highest BCUT2D eigenvalue weighted by Gasteiger charge is 2.35. The second kappa shape index (κ2) is 14.1. The number of halogens is 4. The number of benzene rings is 3. The molecule has 0 bridgehead atoms. The van der Waals surface area contributed by atoms with Gasteiger partial charge in [0.1, 0.15) is 18.4 Å². The molecule has 45 heavy (non-hydrogen) atoms. The molecule has 1 aliphatic heterocycles. The van der Waals surface area contributed by atoms with E-state index in [2.05, 4.69) is 20.9 Å². The number of carbonyl (C=O) groups is 1. The van der Waals surface area contributed by atoms with Gasteiger partial charge in [-0.05, 0) is 91.2 Å². The van der Waals surface area contributed by atoms with Crippen LogP contribution in [0.5, 0.6) is 11.5 Å². The van der Waals surface area contributed by atoms with Gasteiger partial charge < -0.3 is 14.2 Å². The summed E-state index contributed by atoms with van der Waals surface area (Å²) in [6.07, 6.45) is 1.61. The molecule has 0 N–H and O–H groups in total. The second-order valence-corrected chi connectivity index (χ2v) is 13.4. The van der Waals surface area contributed by atoms with Crippen molar-refractivity contribution in [1.29, 1.82) is 0 Å². The SMILES string of the molecule is CCOC(=O)C1=C(C)N=c2s/c(=C/c3cc(Cl)c(OCc4ccc(Cl)c(Cl)c4)c(Br)c3)c(=O)n2[C@@H]1c1ccccc1OC(C)C. The molecule has 5 rings (SSSR count). The minimum Gasteiger partial charge on any atom is -0.491 e. The van der Waals surface area contributed by atoms with Gasteiger partial charge in [0.15, 0.2) is 10.6 Å². The van der Waals surface area contributed by atoms with Crippen molar-refractivity contribution in [2.45, 2.75) is 46.4 Å². The van der Waals surface area contributed by atoms with Gasteiger partial charge in [0.05, 0.1) is 48.1 Å². The van der Waals surface area contributed by atoms with Gasteiger partial charge in [0, 0.05) is 5.56 Å². The monoisotopic (exact) mass is 748 g/mol. The van der Waals surface area contributed by atoms with E-state index in [1.807, 2.05) is 50.2 Å². The lowest BCUT2D eigenvalue weighted by Gasteiger charge is -2.26. The van der Waals surface area contributed by atoms with Crippen molar-refractivity contribution < 1.29 is 19.0 Å². The van der Waals surface area contributed by atoms with E-state index in [4.69, 9.17) is 49.0 Å². The molecule has 0 amide bonds. The number of carbonyl (C=O) groups excluding carboxylic acids is 1. The Balaban J connectivity index is 1.57. The van der Waals surface area contributed by atoms with E-state index in [0.717, 1.165) is 5.56 Å². The van der Waals surface area contributed by atoms with Crippen LogP contribution in [0.2, 0.25) is 15.1 Å². The highest BCUT2D eigenvalue weighted by molar-refractivity contribution is 9.10. The number of nitrogens with zero attached hydrogens (tertiary/aromatic N) is 2. The van der Waals surface area contributed by atoms with Crippen LogP contribution in [0.25, 0.3) is 6.08 Å². The molecule has 0 radical (unpaired) electrons. The quantitative estimate of drug-likeness (QED) is 0.163. The number of rotatable bonds is 9. The molecular formula is C33H28BrCl3N2O5S. The molecule has 234 valence electrons. The van der Waals surface area contributed by atoms with Crippen LogP contribution in [-0.2, 0) is 16.1 Å². The van der Waals surface area contributed by atoms with Crippen LogP contribution in [0, 0.1) is 0 Å². The molecule has 1 aliphatic rings. The van der Waals surface area contributed by atoms with Crippen molar-refractivity contribution in [2.75, 3.05) is 6.61 Å². The van der Waals surface area contributed by atoms with Crippen molar-refractivity contribution in [3.63, 3.8) is 0 Å². The Morgan fingerprint density at radius 1 is 1.09 bits per heavy atom. The first-order chi connectivity index (χ1) is 21.5. The van der Waals surface area contributed by atoms with Crippen molar-refractivity contribution in [1.82, 2.24) is 4.57 Å². The first-order valence-electron chi connectivity index (χ1n) is 14.0. The zero-order valence-electron chi connectivity index (χ0n) is 24.7. The summed E-state index contributed by atoms with van der Waals surface area (Å²) in [5.74, 6) is 0.470. The molecule has 0 saturated carbocycles. The predicted octanol–water partition coefficient (Wildman–Crippen LogP) is 7.89. The molecule has 0 fully saturated rings. The van der Waals surface area contributed by atoms with Gasteiger partial charge in [-0.25, -0.2) is 9.79 Å². The maximum atomic E-state index is 14.1. The van der Waals surface area contributed by atoms with Crippen LogP contribution in [-0.4, -0.2) is 23.2 Å². The van der Waals surface area contributed by atoms with Gasteiger partial charge in [0.25, 0.3) is 5.56 Å². The summed E-state index contributed by atoms with van der Waals surface area (Å²) in [6.45, 7) is 7.72. The van der Waals surface area contributed by atoms with Crippen molar-refractivity contribution in [3.8, 4) is 11.5 Å². The number of fused-ring (bicyclic) bond motifs is 1. The molecule has 4 aromatic rings. The number of aromatic nitrogens is 1. The molecule has 12 heteroatoms.